The Balaban J connectivity index is 1.65. The van der Waals surface area contributed by atoms with E-state index in [9.17, 15) is 4.79 Å². The second-order valence-corrected chi connectivity index (χ2v) is 8.60. The molecule has 1 aromatic carbocycles. The van der Waals surface area contributed by atoms with Gasteiger partial charge in [0, 0.05) is 36.3 Å². The molecule has 5 heteroatoms. The average Bonchev–Trinajstić information content (AvgIpc) is 3.12. The molecule has 2 aromatic rings. The van der Waals surface area contributed by atoms with E-state index in [-0.39, 0.29) is 11.3 Å². The summed E-state index contributed by atoms with van der Waals surface area (Å²) in [6.07, 6.45) is 2.46. The molecule has 1 spiro atoms. The molecule has 0 bridgehead atoms. The predicted molar refractivity (Wildman–Crippen MR) is 109 cm³/mol. The molecule has 1 saturated heterocycles. The number of fused-ring (bicyclic) bond motifs is 2. The third kappa shape index (κ3) is 3.55. The van der Waals surface area contributed by atoms with Crippen molar-refractivity contribution in [2.45, 2.75) is 52.1 Å². The van der Waals surface area contributed by atoms with Gasteiger partial charge in [0.1, 0.15) is 0 Å². The molecule has 148 valence electrons. The van der Waals surface area contributed by atoms with Crippen molar-refractivity contribution in [2.24, 2.45) is 5.92 Å². The molecular weight excluding hydrogens is 350 g/mol. The van der Waals surface area contributed by atoms with E-state index >= 15 is 0 Å². The number of aryl methyl sites for hydroxylation is 1. The Bertz CT molecular complexity index is 866. The topological polar surface area (TPSA) is 55.3 Å². The number of benzene rings is 1. The van der Waals surface area contributed by atoms with E-state index in [1.165, 1.54) is 0 Å². The molecule has 4 rings (SSSR count). The number of rotatable bonds is 4. The Morgan fingerprint density at radius 3 is 2.79 bits per heavy atom. The Labute approximate surface area is 167 Å². The van der Waals surface area contributed by atoms with Crippen LogP contribution in [-0.2, 0) is 21.6 Å². The standard InChI is InChI=1S/C23H29N3O2/c1-16(2)9-10-20(27)26-12-11-23(14-26)15-28-13-19-17(3)24-22(25-21(19)23)18-7-5-4-6-8-18/h4-8,16H,9-15H2,1-3H3/t23-/m0/s1. The molecule has 0 saturated carbocycles. The molecule has 0 aliphatic carbocycles. The van der Waals surface area contributed by atoms with Crippen LogP contribution in [0, 0.1) is 12.8 Å². The van der Waals surface area contributed by atoms with Crippen LogP contribution >= 0.6 is 0 Å². The van der Waals surface area contributed by atoms with Crippen LogP contribution in [0.2, 0.25) is 0 Å². The third-order valence-electron chi connectivity index (χ3n) is 6.02. The zero-order chi connectivity index (χ0) is 19.7. The second kappa shape index (κ2) is 7.63. The summed E-state index contributed by atoms with van der Waals surface area (Å²) in [6, 6.07) is 10.1. The smallest absolute Gasteiger partial charge is 0.222 e. The monoisotopic (exact) mass is 379 g/mol. The summed E-state index contributed by atoms with van der Waals surface area (Å²) in [6.45, 7) is 9.02. The average molecular weight is 380 g/mol. The summed E-state index contributed by atoms with van der Waals surface area (Å²) in [5, 5.41) is 0. The summed E-state index contributed by atoms with van der Waals surface area (Å²) in [5.41, 5.74) is 3.98. The summed E-state index contributed by atoms with van der Waals surface area (Å²) >= 11 is 0. The highest BCUT2D eigenvalue weighted by atomic mass is 16.5. The van der Waals surface area contributed by atoms with Crippen molar-refractivity contribution < 1.29 is 9.53 Å². The number of ether oxygens (including phenoxy) is 1. The van der Waals surface area contributed by atoms with Crippen molar-refractivity contribution in [1.29, 1.82) is 0 Å². The zero-order valence-electron chi connectivity index (χ0n) is 17.1. The maximum absolute atomic E-state index is 12.7. The summed E-state index contributed by atoms with van der Waals surface area (Å²) in [5.74, 6) is 1.57. The first-order valence-corrected chi connectivity index (χ1v) is 10.3. The van der Waals surface area contributed by atoms with Crippen LogP contribution < -0.4 is 0 Å². The quantitative estimate of drug-likeness (QED) is 0.809. The van der Waals surface area contributed by atoms with Crippen LogP contribution in [0.25, 0.3) is 11.4 Å². The number of hydrogen-bond acceptors (Lipinski definition) is 4. The van der Waals surface area contributed by atoms with E-state index in [2.05, 4.69) is 13.8 Å². The second-order valence-electron chi connectivity index (χ2n) is 8.60. The van der Waals surface area contributed by atoms with Crippen molar-refractivity contribution in [3.8, 4) is 11.4 Å². The molecule has 2 aliphatic heterocycles. The summed E-state index contributed by atoms with van der Waals surface area (Å²) < 4.78 is 5.97. The molecule has 5 nitrogen and oxygen atoms in total. The SMILES string of the molecule is Cc1nc(-c2ccccc2)nc2c1COC[C@@]21CCN(C(=O)CCC(C)C)C1. The highest BCUT2D eigenvalue weighted by molar-refractivity contribution is 5.76. The number of amides is 1. The van der Waals surface area contributed by atoms with E-state index in [0.29, 0.717) is 32.1 Å². The van der Waals surface area contributed by atoms with Gasteiger partial charge in [-0.15, -0.1) is 0 Å². The number of nitrogens with zero attached hydrogens (tertiary/aromatic N) is 3. The lowest BCUT2D eigenvalue weighted by atomic mass is 9.80. The zero-order valence-corrected chi connectivity index (χ0v) is 17.1. The summed E-state index contributed by atoms with van der Waals surface area (Å²) in [4.78, 5) is 24.5. The van der Waals surface area contributed by atoms with E-state index in [4.69, 9.17) is 14.7 Å². The van der Waals surface area contributed by atoms with Gasteiger partial charge in [0.15, 0.2) is 5.82 Å². The molecule has 1 aromatic heterocycles. The molecule has 0 N–H and O–H groups in total. The minimum atomic E-state index is -0.210. The van der Waals surface area contributed by atoms with Crippen LogP contribution in [0.1, 0.15) is 50.1 Å². The van der Waals surface area contributed by atoms with E-state index in [1.807, 2.05) is 42.2 Å². The van der Waals surface area contributed by atoms with Gasteiger partial charge in [-0.3, -0.25) is 4.79 Å². The highest BCUT2D eigenvalue weighted by Crippen LogP contribution is 2.40. The highest BCUT2D eigenvalue weighted by Gasteiger charge is 2.46. The van der Waals surface area contributed by atoms with Gasteiger partial charge in [-0.1, -0.05) is 44.2 Å². The van der Waals surface area contributed by atoms with Gasteiger partial charge < -0.3 is 9.64 Å². The fourth-order valence-corrected chi connectivity index (χ4v) is 4.31. The minimum Gasteiger partial charge on any atom is -0.376 e. The van der Waals surface area contributed by atoms with Gasteiger partial charge in [0.05, 0.1) is 24.3 Å². The number of aromatic nitrogens is 2. The first kappa shape index (κ1) is 19.1. The van der Waals surface area contributed by atoms with E-state index in [0.717, 1.165) is 47.7 Å². The lowest BCUT2D eigenvalue weighted by Gasteiger charge is -2.35. The molecule has 1 fully saturated rings. The van der Waals surface area contributed by atoms with Gasteiger partial charge in [0.2, 0.25) is 5.91 Å². The van der Waals surface area contributed by atoms with Crippen molar-refractivity contribution in [3.05, 3.63) is 47.3 Å². The van der Waals surface area contributed by atoms with Gasteiger partial charge in [-0.25, -0.2) is 9.97 Å². The Kier molecular flexibility index (Phi) is 5.19. The van der Waals surface area contributed by atoms with E-state index < -0.39 is 0 Å². The Hall–Kier alpha value is -2.27. The molecule has 2 aliphatic rings. The Morgan fingerprint density at radius 1 is 1.25 bits per heavy atom. The Morgan fingerprint density at radius 2 is 2.04 bits per heavy atom. The van der Waals surface area contributed by atoms with E-state index in [1.54, 1.807) is 0 Å². The van der Waals surface area contributed by atoms with Gasteiger partial charge in [-0.2, -0.15) is 0 Å². The fourth-order valence-electron chi connectivity index (χ4n) is 4.31. The van der Waals surface area contributed by atoms with Crippen LogP contribution in [0.3, 0.4) is 0 Å². The molecule has 1 atom stereocenters. The van der Waals surface area contributed by atoms with Crippen molar-refractivity contribution in [3.63, 3.8) is 0 Å². The predicted octanol–water partition coefficient (Wildman–Crippen LogP) is 3.89. The van der Waals surface area contributed by atoms with Crippen LogP contribution in [0.15, 0.2) is 30.3 Å². The lowest BCUT2D eigenvalue weighted by Crippen LogP contribution is -2.42. The number of hydrogen-bond donors (Lipinski definition) is 0. The normalized spacial score (nSPS) is 21.4. The van der Waals surface area contributed by atoms with Crippen LogP contribution in [0.5, 0.6) is 0 Å². The molecule has 3 heterocycles. The van der Waals surface area contributed by atoms with Crippen LogP contribution in [-0.4, -0.2) is 40.5 Å². The van der Waals surface area contributed by atoms with Gasteiger partial charge in [0.25, 0.3) is 0 Å². The van der Waals surface area contributed by atoms with Crippen LogP contribution in [0.4, 0.5) is 0 Å². The number of likely N-dealkylation sites (tertiary alicyclic amines) is 1. The summed E-state index contributed by atoms with van der Waals surface area (Å²) in [7, 11) is 0. The van der Waals surface area contributed by atoms with Gasteiger partial charge >= 0.3 is 0 Å². The van der Waals surface area contributed by atoms with Crippen molar-refractivity contribution >= 4 is 5.91 Å². The maximum atomic E-state index is 12.7. The largest absolute Gasteiger partial charge is 0.376 e. The first-order chi connectivity index (χ1) is 13.5. The maximum Gasteiger partial charge on any atom is 0.222 e. The molecule has 1 amide bonds. The van der Waals surface area contributed by atoms with Crippen molar-refractivity contribution in [1.82, 2.24) is 14.9 Å². The molecular formula is C23H29N3O2. The molecule has 0 radical (unpaired) electrons. The number of carbonyl (C=O) groups is 1. The minimum absolute atomic E-state index is 0.210. The third-order valence-corrected chi connectivity index (χ3v) is 6.02. The lowest BCUT2D eigenvalue weighted by molar-refractivity contribution is -0.130. The van der Waals surface area contributed by atoms with Gasteiger partial charge in [-0.05, 0) is 25.7 Å². The number of carbonyl (C=O) groups excluding carboxylic acids is 1. The van der Waals surface area contributed by atoms with Crippen molar-refractivity contribution in [2.75, 3.05) is 19.7 Å². The first-order valence-electron chi connectivity index (χ1n) is 10.3. The fraction of sp³-hybridized carbons (Fsp3) is 0.522. The molecule has 28 heavy (non-hydrogen) atoms. The molecule has 0 unspecified atom stereocenters.